The van der Waals surface area contributed by atoms with Crippen LogP contribution in [0, 0.1) is 5.92 Å². The zero-order chi connectivity index (χ0) is 22.8. The van der Waals surface area contributed by atoms with E-state index in [4.69, 9.17) is 0 Å². The van der Waals surface area contributed by atoms with E-state index in [0.29, 0.717) is 12.0 Å². The van der Waals surface area contributed by atoms with Crippen LogP contribution in [0.5, 0.6) is 0 Å². The first kappa shape index (κ1) is 22.2. The van der Waals surface area contributed by atoms with Crippen molar-refractivity contribution in [2.45, 2.75) is 70.4 Å². The second kappa shape index (κ2) is 9.72. The van der Waals surface area contributed by atoms with Gasteiger partial charge in [0.2, 0.25) is 5.91 Å². The molecule has 176 valence electrons. The summed E-state index contributed by atoms with van der Waals surface area (Å²) in [7, 11) is 2.21. The standard InChI is InChI=1S/C27H37N5O/c1-3-4-14-32-18-19-16-24-22(21-8-7-9-23(32)26(19)21)15-20(17-31(24)2)27(33)30-11-6-5-10-25-28-12-13-29-25/h7-9,12-13,18,20,22,24H,3-6,10-11,14-17H2,1-2H3,(H,28,29)(H,30,33)/t20-,22-,24-/m1/s1. The van der Waals surface area contributed by atoms with E-state index >= 15 is 0 Å². The predicted molar refractivity (Wildman–Crippen MR) is 132 cm³/mol. The lowest BCUT2D eigenvalue weighted by Gasteiger charge is -2.45. The van der Waals surface area contributed by atoms with Crippen LogP contribution in [0.1, 0.15) is 61.9 Å². The van der Waals surface area contributed by atoms with E-state index in [1.807, 2.05) is 6.20 Å². The van der Waals surface area contributed by atoms with Crippen molar-refractivity contribution < 1.29 is 4.79 Å². The molecule has 2 N–H and O–H groups in total. The molecular weight excluding hydrogens is 410 g/mol. The fraction of sp³-hybridized carbons (Fsp3) is 0.556. The van der Waals surface area contributed by atoms with E-state index in [9.17, 15) is 4.79 Å². The van der Waals surface area contributed by atoms with Crippen molar-refractivity contribution in [1.82, 2.24) is 24.8 Å². The maximum absolute atomic E-state index is 13.1. The molecule has 6 heteroatoms. The summed E-state index contributed by atoms with van der Waals surface area (Å²) < 4.78 is 2.46. The number of benzene rings is 1. The van der Waals surface area contributed by atoms with E-state index in [0.717, 1.165) is 57.6 Å². The van der Waals surface area contributed by atoms with Gasteiger partial charge in [0.15, 0.2) is 0 Å². The second-order valence-electron chi connectivity index (χ2n) is 9.98. The highest BCUT2D eigenvalue weighted by molar-refractivity contribution is 5.89. The third-order valence-corrected chi connectivity index (χ3v) is 7.74. The van der Waals surface area contributed by atoms with Gasteiger partial charge in [0.1, 0.15) is 5.82 Å². The average Bonchev–Trinajstić information content (AvgIpc) is 3.47. The van der Waals surface area contributed by atoms with Crippen LogP contribution in [0.3, 0.4) is 0 Å². The Labute approximate surface area is 196 Å². The number of aryl methyl sites for hydroxylation is 2. The molecule has 1 amide bonds. The first-order chi connectivity index (χ1) is 16.2. The number of carbonyl (C=O) groups is 1. The Morgan fingerprint density at radius 1 is 1.27 bits per heavy atom. The molecule has 1 saturated heterocycles. The number of aromatic amines is 1. The summed E-state index contributed by atoms with van der Waals surface area (Å²) in [6.45, 7) is 4.94. The molecule has 0 spiro atoms. The third-order valence-electron chi connectivity index (χ3n) is 7.74. The number of carbonyl (C=O) groups excluding carboxylic acids is 1. The van der Waals surface area contributed by atoms with E-state index < -0.39 is 0 Å². The van der Waals surface area contributed by atoms with Gasteiger partial charge in [0, 0.05) is 67.5 Å². The number of aromatic nitrogens is 3. The lowest BCUT2D eigenvalue weighted by atomic mass is 9.72. The minimum absolute atomic E-state index is 0.0558. The molecule has 3 heterocycles. The van der Waals surface area contributed by atoms with E-state index in [1.54, 1.807) is 6.20 Å². The maximum Gasteiger partial charge on any atom is 0.224 e. The van der Waals surface area contributed by atoms with Crippen molar-refractivity contribution in [2.24, 2.45) is 5.92 Å². The quantitative estimate of drug-likeness (QED) is 0.482. The number of rotatable bonds is 9. The topological polar surface area (TPSA) is 66.0 Å². The first-order valence-electron chi connectivity index (χ1n) is 12.7. The number of piperidine rings is 1. The largest absolute Gasteiger partial charge is 0.356 e. The number of fused-ring (bicyclic) bond motifs is 2. The molecule has 6 nitrogen and oxygen atoms in total. The van der Waals surface area contributed by atoms with Gasteiger partial charge in [0.05, 0.1) is 5.92 Å². The van der Waals surface area contributed by atoms with Crippen LogP contribution in [0.2, 0.25) is 0 Å². The van der Waals surface area contributed by atoms with E-state index in [2.05, 4.69) is 63.1 Å². The highest BCUT2D eigenvalue weighted by Gasteiger charge is 2.41. The summed E-state index contributed by atoms with van der Waals surface area (Å²) in [4.78, 5) is 22.9. The summed E-state index contributed by atoms with van der Waals surface area (Å²) in [5.41, 5.74) is 4.32. The van der Waals surface area contributed by atoms with Gasteiger partial charge < -0.3 is 19.8 Å². The Morgan fingerprint density at radius 3 is 3.00 bits per heavy atom. The summed E-state index contributed by atoms with van der Waals surface area (Å²) in [6.07, 6.45) is 13.5. The van der Waals surface area contributed by atoms with Crippen LogP contribution in [0.15, 0.2) is 36.8 Å². The number of likely N-dealkylation sites (tertiary alicyclic amines) is 1. The van der Waals surface area contributed by atoms with Crippen LogP contribution < -0.4 is 5.32 Å². The minimum atomic E-state index is 0.0558. The number of imidazole rings is 1. The molecule has 33 heavy (non-hydrogen) atoms. The molecule has 5 rings (SSSR count). The molecule has 2 aromatic heterocycles. The van der Waals surface area contributed by atoms with Gasteiger partial charge in [-0.25, -0.2) is 4.98 Å². The fourth-order valence-electron chi connectivity index (χ4n) is 6.03. The van der Waals surface area contributed by atoms with Gasteiger partial charge in [-0.2, -0.15) is 0 Å². The number of nitrogens with zero attached hydrogens (tertiary/aromatic N) is 3. The predicted octanol–water partition coefficient (Wildman–Crippen LogP) is 4.26. The molecule has 1 aliphatic heterocycles. The minimum Gasteiger partial charge on any atom is -0.356 e. The molecule has 3 atom stereocenters. The number of amides is 1. The normalized spacial score (nSPS) is 22.4. The van der Waals surface area contributed by atoms with Crippen molar-refractivity contribution in [1.29, 1.82) is 0 Å². The van der Waals surface area contributed by atoms with Crippen LogP contribution in [-0.2, 0) is 24.2 Å². The molecular formula is C27H37N5O. The summed E-state index contributed by atoms with van der Waals surface area (Å²) in [5.74, 6) is 1.73. The molecule has 0 bridgehead atoms. The SMILES string of the molecule is CCCCn1cc2c3c(cccc31)[C@H]1C[C@@H](C(=O)NCCCCc3ncc[nH]3)CN(C)[C@@H]1C2. The Morgan fingerprint density at radius 2 is 2.18 bits per heavy atom. The highest BCUT2D eigenvalue weighted by atomic mass is 16.1. The van der Waals surface area contributed by atoms with Crippen molar-refractivity contribution in [3.63, 3.8) is 0 Å². The van der Waals surface area contributed by atoms with E-state index in [1.165, 1.54) is 34.9 Å². The van der Waals surface area contributed by atoms with Crippen molar-refractivity contribution >= 4 is 16.8 Å². The summed E-state index contributed by atoms with van der Waals surface area (Å²) in [5, 5.41) is 4.68. The van der Waals surface area contributed by atoms with Gasteiger partial charge in [-0.05, 0) is 56.3 Å². The number of hydrogen-bond donors (Lipinski definition) is 2. The average molecular weight is 448 g/mol. The molecule has 0 radical (unpaired) electrons. The summed E-state index contributed by atoms with van der Waals surface area (Å²) >= 11 is 0. The smallest absolute Gasteiger partial charge is 0.224 e. The molecule has 1 aromatic carbocycles. The molecule has 1 aliphatic carbocycles. The molecule has 3 aromatic rings. The van der Waals surface area contributed by atoms with Crippen LogP contribution in [0.25, 0.3) is 10.9 Å². The number of hydrogen-bond acceptors (Lipinski definition) is 3. The van der Waals surface area contributed by atoms with Gasteiger partial charge in [-0.15, -0.1) is 0 Å². The molecule has 0 unspecified atom stereocenters. The van der Waals surface area contributed by atoms with Crippen molar-refractivity contribution in [3.8, 4) is 0 Å². The Bertz CT molecular complexity index is 1090. The number of nitrogens with one attached hydrogen (secondary N) is 2. The first-order valence-corrected chi connectivity index (χ1v) is 12.7. The van der Waals surface area contributed by atoms with Gasteiger partial charge in [0.25, 0.3) is 0 Å². The second-order valence-corrected chi connectivity index (χ2v) is 9.98. The van der Waals surface area contributed by atoms with Crippen LogP contribution >= 0.6 is 0 Å². The summed E-state index contributed by atoms with van der Waals surface area (Å²) in [6, 6.07) is 7.30. The van der Waals surface area contributed by atoms with Crippen molar-refractivity contribution in [3.05, 3.63) is 53.7 Å². The maximum atomic E-state index is 13.1. The molecule has 1 fully saturated rings. The number of H-pyrrole nitrogens is 1. The lowest BCUT2D eigenvalue weighted by molar-refractivity contribution is -0.127. The molecule has 2 aliphatic rings. The lowest BCUT2D eigenvalue weighted by Crippen LogP contribution is -2.51. The Kier molecular flexibility index (Phi) is 6.54. The Hall–Kier alpha value is -2.60. The highest BCUT2D eigenvalue weighted by Crippen LogP contribution is 2.45. The molecule has 0 saturated carbocycles. The monoisotopic (exact) mass is 447 g/mol. The van der Waals surface area contributed by atoms with Gasteiger partial charge in [-0.3, -0.25) is 4.79 Å². The zero-order valence-corrected chi connectivity index (χ0v) is 20.0. The van der Waals surface area contributed by atoms with Crippen LogP contribution in [-0.4, -0.2) is 51.5 Å². The fourth-order valence-corrected chi connectivity index (χ4v) is 6.03. The number of likely N-dealkylation sites (N-methyl/N-ethyl adjacent to an activating group) is 1. The van der Waals surface area contributed by atoms with Gasteiger partial charge in [-0.1, -0.05) is 25.5 Å². The van der Waals surface area contributed by atoms with Gasteiger partial charge >= 0.3 is 0 Å². The third kappa shape index (κ3) is 4.45. The van der Waals surface area contributed by atoms with Crippen LogP contribution in [0.4, 0.5) is 0 Å². The number of unbranched alkanes of at least 4 members (excludes halogenated alkanes) is 2. The van der Waals surface area contributed by atoms with E-state index in [-0.39, 0.29) is 11.8 Å². The Balaban J connectivity index is 1.25. The zero-order valence-electron chi connectivity index (χ0n) is 20.0. The van der Waals surface area contributed by atoms with Crippen molar-refractivity contribution in [2.75, 3.05) is 20.1 Å².